The van der Waals surface area contributed by atoms with Crippen molar-refractivity contribution in [2.45, 2.75) is 25.5 Å². The van der Waals surface area contributed by atoms with E-state index < -0.39 is 6.10 Å². The second kappa shape index (κ2) is 4.81. The molecule has 0 aromatic carbocycles. The number of anilines is 1. The smallest absolute Gasteiger partial charge is 0.196 e. The van der Waals surface area contributed by atoms with Crippen molar-refractivity contribution in [3.05, 3.63) is 22.5 Å². The number of nitriles is 1. The van der Waals surface area contributed by atoms with E-state index in [1.807, 2.05) is 0 Å². The Bertz CT molecular complexity index is 698. The molecule has 7 nitrogen and oxygen atoms in total. The number of hydrogen-bond acceptors (Lipinski definition) is 5. The van der Waals surface area contributed by atoms with E-state index in [4.69, 9.17) is 16.9 Å². The lowest BCUT2D eigenvalue weighted by Crippen LogP contribution is -2.16. The molecule has 2 aromatic rings. The third kappa shape index (κ3) is 1.77. The number of nitrogens with zero attached hydrogens (tertiary/aromatic N) is 5. The van der Waals surface area contributed by atoms with E-state index in [-0.39, 0.29) is 0 Å². The lowest BCUT2D eigenvalue weighted by molar-refractivity contribution is 0.135. The Kier molecular flexibility index (Phi) is 3.12. The van der Waals surface area contributed by atoms with Gasteiger partial charge in [-0.3, -0.25) is 4.68 Å². The Morgan fingerprint density at radius 2 is 2.40 bits per heavy atom. The first-order chi connectivity index (χ1) is 9.67. The van der Waals surface area contributed by atoms with Crippen molar-refractivity contribution >= 4 is 17.4 Å². The van der Waals surface area contributed by atoms with Crippen LogP contribution in [0.4, 0.5) is 5.82 Å². The summed E-state index contributed by atoms with van der Waals surface area (Å²) in [6.45, 7) is 0.716. The predicted molar refractivity (Wildman–Crippen MR) is 72.8 cm³/mol. The van der Waals surface area contributed by atoms with Crippen LogP contribution < -0.4 is 5.32 Å². The third-order valence-corrected chi connectivity index (χ3v) is 3.77. The lowest BCUT2D eigenvalue weighted by atomic mass is 10.1. The topological polar surface area (TPSA) is 91.7 Å². The molecule has 0 radical (unpaired) electrons. The van der Waals surface area contributed by atoms with E-state index in [1.165, 1.54) is 10.9 Å². The lowest BCUT2D eigenvalue weighted by Gasteiger charge is -2.18. The molecule has 2 aromatic heterocycles. The minimum Gasteiger partial charge on any atom is -0.387 e. The number of hydrogen-bond donors (Lipinski definition) is 2. The van der Waals surface area contributed by atoms with Gasteiger partial charge in [0.2, 0.25) is 0 Å². The van der Waals surface area contributed by atoms with E-state index in [9.17, 15) is 5.11 Å². The Morgan fingerprint density at radius 1 is 1.60 bits per heavy atom. The quantitative estimate of drug-likeness (QED) is 0.874. The van der Waals surface area contributed by atoms with Crippen molar-refractivity contribution in [1.82, 2.24) is 19.6 Å². The van der Waals surface area contributed by atoms with Gasteiger partial charge in [0, 0.05) is 13.6 Å². The molecule has 0 spiro atoms. The van der Waals surface area contributed by atoms with Crippen molar-refractivity contribution in [3.8, 4) is 11.9 Å². The van der Waals surface area contributed by atoms with E-state index in [1.54, 1.807) is 11.7 Å². The largest absolute Gasteiger partial charge is 0.387 e. The van der Waals surface area contributed by atoms with Gasteiger partial charge in [-0.15, -0.1) is 0 Å². The number of halogens is 1. The fourth-order valence-corrected chi connectivity index (χ4v) is 2.81. The van der Waals surface area contributed by atoms with Gasteiger partial charge in [0.25, 0.3) is 0 Å². The molecule has 1 atom stereocenters. The normalized spacial score (nSPS) is 17.6. The van der Waals surface area contributed by atoms with E-state index >= 15 is 0 Å². The van der Waals surface area contributed by atoms with Crippen LogP contribution in [-0.4, -0.2) is 31.7 Å². The molecule has 1 unspecified atom stereocenters. The van der Waals surface area contributed by atoms with Crippen LogP contribution in [-0.2, 0) is 6.54 Å². The Balaban J connectivity index is 2.17. The van der Waals surface area contributed by atoms with E-state index in [2.05, 4.69) is 21.6 Å². The zero-order valence-electron chi connectivity index (χ0n) is 10.8. The Labute approximate surface area is 120 Å². The molecule has 8 heteroatoms. The minimum absolute atomic E-state index is 0.376. The average molecular weight is 293 g/mol. The number of aliphatic hydroxyl groups excluding tert-OH is 1. The number of aromatic nitrogens is 4. The maximum Gasteiger partial charge on any atom is 0.196 e. The van der Waals surface area contributed by atoms with Gasteiger partial charge in [0.1, 0.15) is 22.5 Å². The second-order valence-corrected chi connectivity index (χ2v) is 4.96. The SMILES string of the molecule is CNc1c(C#N)cnn1-c1nn2c(c1Cl)C(O)CCC2. The van der Waals surface area contributed by atoms with Gasteiger partial charge in [-0.05, 0) is 12.8 Å². The molecule has 104 valence electrons. The van der Waals surface area contributed by atoms with Crippen molar-refractivity contribution in [2.75, 3.05) is 12.4 Å². The highest BCUT2D eigenvalue weighted by Gasteiger charge is 2.28. The zero-order valence-corrected chi connectivity index (χ0v) is 11.6. The van der Waals surface area contributed by atoms with Gasteiger partial charge in [-0.1, -0.05) is 11.6 Å². The summed E-state index contributed by atoms with van der Waals surface area (Å²) in [5.74, 6) is 0.952. The van der Waals surface area contributed by atoms with Crippen molar-refractivity contribution in [3.63, 3.8) is 0 Å². The van der Waals surface area contributed by atoms with Gasteiger partial charge in [-0.2, -0.15) is 20.1 Å². The number of nitrogens with one attached hydrogen (secondary N) is 1. The summed E-state index contributed by atoms with van der Waals surface area (Å²) in [5.41, 5.74) is 1.03. The fraction of sp³-hybridized carbons (Fsp3) is 0.417. The number of aliphatic hydroxyl groups is 1. The summed E-state index contributed by atoms with van der Waals surface area (Å²) in [7, 11) is 1.70. The molecule has 1 aliphatic rings. The van der Waals surface area contributed by atoms with Crippen LogP contribution in [0, 0.1) is 11.3 Å². The van der Waals surface area contributed by atoms with Crippen LogP contribution >= 0.6 is 11.6 Å². The molecule has 0 amide bonds. The number of rotatable bonds is 2. The van der Waals surface area contributed by atoms with Crippen molar-refractivity contribution in [1.29, 1.82) is 5.26 Å². The summed E-state index contributed by atoms with van der Waals surface area (Å²) in [6.07, 6.45) is 2.37. The first-order valence-corrected chi connectivity index (χ1v) is 6.65. The summed E-state index contributed by atoms with van der Waals surface area (Å²) in [5, 5.41) is 30.9. The highest BCUT2D eigenvalue weighted by Crippen LogP contribution is 2.35. The molecular formula is C12H13ClN6O. The van der Waals surface area contributed by atoms with Crippen LogP contribution in [0.25, 0.3) is 5.82 Å². The molecule has 0 aliphatic carbocycles. The molecule has 20 heavy (non-hydrogen) atoms. The zero-order chi connectivity index (χ0) is 14.3. The summed E-state index contributed by atoms with van der Waals surface area (Å²) >= 11 is 6.34. The molecule has 0 saturated heterocycles. The van der Waals surface area contributed by atoms with Crippen LogP contribution in [0.15, 0.2) is 6.20 Å². The highest BCUT2D eigenvalue weighted by atomic mass is 35.5. The van der Waals surface area contributed by atoms with Gasteiger partial charge in [-0.25, -0.2) is 0 Å². The molecule has 3 heterocycles. The standard InChI is InChI=1S/C12H13ClN6O/c1-15-11-7(5-14)6-16-19(11)12-9(13)10-8(20)3-2-4-18(10)17-12/h6,8,15,20H,2-4H2,1H3. The number of aryl methyl sites for hydroxylation is 1. The summed E-state index contributed by atoms with van der Waals surface area (Å²) in [6, 6.07) is 2.05. The van der Waals surface area contributed by atoms with Crippen molar-refractivity contribution in [2.24, 2.45) is 0 Å². The molecule has 0 saturated carbocycles. The molecule has 1 aliphatic heterocycles. The number of fused-ring (bicyclic) bond motifs is 1. The molecule has 2 N–H and O–H groups in total. The second-order valence-electron chi connectivity index (χ2n) is 4.58. The van der Waals surface area contributed by atoms with Crippen LogP contribution in [0.1, 0.15) is 30.2 Å². The summed E-state index contributed by atoms with van der Waals surface area (Å²) in [4.78, 5) is 0. The first-order valence-electron chi connectivity index (χ1n) is 6.28. The molecule has 0 fully saturated rings. The maximum absolute atomic E-state index is 10.0. The Morgan fingerprint density at radius 3 is 3.05 bits per heavy atom. The average Bonchev–Trinajstić information content (AvgIpc) is 3.00. The van der Waals surface area contributed by atoms with Gasteiger partial charge < -0.3 is 10.4 Å². The summed E-state index contributed by atoms with van der Waals surface area (Å²) < 4.78 is 3.19. The maximum atomic E-state index is 10.0. The fourth-order valence-electron chi connectivity index (χ4n) is 2.47. The molecule has 0 bridgehead atoms. The van der Waals surface area contributed by atoms with Gasteiger partial charge in [0.05, 0.1) is 18.0 Å². The van der Waals surface area contributed by atoms with Crippen molar-refractivity contribution < 1.29 is 5.11 Å². The monoisotopic (exact) mass is 292 g/mol. The Hall–Kier alpha value is -2.04. The predicted octanol–water partition coefficient (Wildman–Crippen LogP) is 1.46. The van der Waals surface area contributed by atoms with E-state index in [0.717, 1.165) is 6.42 Å². The van der Waals surface area contributed by atoms with Crippen LogP contribution in [0.2, 0.25) is 5.02 Å². The van der Waals surface area contributed by atoms with Gasteiger partial charge in [0.15, 0.2) is 5.82 Å². The minimum atomic E-state index is -0.610. The van der Waals surface area contributed by atoms with Crippen LogP contribution in [0.3, 0.4) is 0 Å². The van der Waals surface area contributed by atoms with Crippen LogP contribution in [0.5, 0.6) is 0 Å². The molecular weight excluding hydrogens is 280 g/mol. The highest BCUT2D eigenvalue weighted by molar-refractivity contribution is 6.33. The molecule has 3 rings (SSSR count). The van der Waals surface area contributed by atoms with Gasteiger partial charge >= 0.3 is 0 Å². The first kappa shape index (κ1) is 13.0. The van der Waals surface area contributed by atoms with E-state index in [0.29, 0.717) is 40.9 Å². The third-order valence-electron chi connectivity index (χ3n) is 3.40.